The largest absolute Gasteiger partial charge is 0.507 e. The summed E-state index contributed by atoms with van der Waals surface area (Å²) in [6.45, 7) is 5.79. The fourth-order valence-electron chi connectivity index (χ4n) is 1.22. The van der Waals surface area contributed by atoms with Gasteiger partial charge in [0.05, 0.1) is 18.3 Å². The number of hydrogen-bond donors (Lipinski definition) is 1. The lowest BCUT2D eigenvalue weighted by Crippen LogP contribution is -2.03. The van der Waals surface area contributed by atoms with Crippen molar-refractivity contribution in [3.05, 3.63) is 29.3 Å². The van der Waals surface area contributed by atoms with Gasteiger partial charge in [0, 0.05) is 0 Å². The molecule has 0 bridgehead atoms. The van der Waals surface area contributed by atoms with Gasteiger partial charge in [0.2, 0.25) is 0 Å². The Bertz CT molecular complexity index is 356. The average Bonchev–Trinajstić information content (AvgIpc) is 2.16. The third-order valence-electron chi connectivity index (χ3n) is 2.02. The molecule has 0 amide bonds. The van der Waals surface area contributed by atoms with Crippen LogP contribution < -0.4 is 0 Å². The first kappa shape index (κ1) is 11.7. The molecule has 0 fully saturated rings. The molecule has 3 heteroatoms. The predicted molar refractivity (Wildman–Crippen MR) is 58.0 cm³/mol. The predicted octanol–water partition coefficient (Wildman–Crippen LogP) is 2.52. The smallest absolute Gasteiger partial charge is 0.163 e. The van der Waals surface area contributed by atoms with Crippen molar-refractivity contribution in [2.24, 2.45) is 0 Å². The third kappa shape index (κ3) is 3.36. The van der Waals surface area contributed by atoms with Gasteiger partial charge in [-0.25, -0.2) is 0 Å². The van der Waals surface area contributed by atoms with E-state index in [-0.39, 0.29) is 17.6 Å². The van der Waals surface area contributed by atoms with Gasteiger partial charge in [0.1, 0.15) is 5.75 Å². The molecule has 0 aliphatic heterocycles. The summed E-state index contributed by atoms with van der Waals surface area (Å²) >= 11 is 0. The van der Waals surface area contributed by atoms with Crippen LogP contribution in [0.2, 0.25) is 0 Å². The summed E-state index contributed by atoms with van der Waals surface area (Å²) < 4.78 is 5.41. The lowest BCUT2D eigenvalue weighted by Gasteiger charge is -2.09. The topological polar surface area (TPSA) is 46.5 Å². The van der Waals surface area contributed by atoms with Gasteiger partial charge in [-0.2, -0.15) is 0 Å². The maximum atomic E-state index is 11.2. The van der Waals surface area contributed by atoms with E-state index in [9.17, 15) is 9.90 Å². The van der Waals surface area contributed by atoms with E-state index in [0.29, 0.717) is 12.2 Å². The average molecular weight is 208 g/mol. The van der Waals surface area contributed by atoms with E-state index in [1.165, 1.54) is 13.0 Å². The van der Waals surface area contributed by atoms with Crippen molar-refractivity contribution in [1.29, 1.82) is 0 Å². The number of benzene rings is 1. The number of ketones is 1. The third-order valence-corrected chi connectivity index (χ3v) is 2.02. The molecule has 1 aromatic rings. The highest BCUT2D eigenvalue weighted by atomic mass is 16.5. The maximum absolute atomic E-state index is 11.2. The second-order valence-corrected chi connectivity index (χ2v) is 3.77. The van der Waals surface area contributed by atoms with Gasteiger partial charge < -0.3 is 9.84 Å². The number of carbonyl (C=O) groups excluding carboxylic acids is 1. The van der Waals surface area contributed by atoms with E-state index in [0.717, 1.165) is 5.56 Å². The van der Waals surface area contributed by atoms with Crippen molar-refractivity contribution in [2.75, 3.05) is 0 Å². The Labute approximate surface area is 89.7 Å². The summed E-state index contributed by atoms with van der Waals surface area (Å²) in [6.07, 6.45) is 0.152. The molecule has 0 saturated heterocycles. The first-order chi connectivity index (χ1) is 7.00. The molecule has 0 radical (unpaired) electrons. The Morgan fingerprint density at radius 3 is 2.67 bits per heavy atom. The summed E-state index contributed by atoms with van der Waals surface area (Å²) in [7, 11) is 0. The number of Topliss-reactive ketones (excluding diaryl/α,β-unsaturated/α-hetero) is 1. The van der Waals surface area contributed by atoms with E-state index in [4.69, 9.17) is 4.74 Å². The van der Waals surface area contributed by atoms with Crippen LogP contribution in [0.15, 0.2) is 18.2 Å². The van der Waals surface area contributed by atoms with Crippen molar-refractivity contribution in [3.8, 4) is 5.75 Å². The van der Waals surface area contributed by atoms with Crippen LogP contribution in [0.25, 0.3) is 0 Å². The van der Waals surface area contributed by atoms with Gasteiger partial charge in [-0.3, -0.25) is 4.79 Å². The lowest BCUT2D eigenvalue weighted by atomic mass is 10.1. The Hall–Kier alpha value is -1.35. The molecule has 0 atom stereocenters. The monoisotopic (exact) mass is 208 g/mol. The van der Waals surface area contributed by atoms with Crippen molar-refractivity contribution >= 4 is 5.78 Å². The number of aromatic hydroxyl groups is 1. The molecule has 0 aliphatic rings. The molecule has 1 N–H and O–H groups in total. The van der Waals surface area contributed by atoms with E-state index in [2.05, 4.69) is 0 Å². The summed E-state index contributed by atoms with van der Waals surface area (Å²) in [5.41, 5.74) is 1.24. The van der Waals surface area contributed by atoms with Crippen LogP contribution in [0.3, 0.4) is 0 Å². The summed E-state index contributed by atoms with van der Waals surface area (Å²) in [4.78, 5) is 11.2. The number of carbonyl (C=O) groups is 1. The summed E-state index contributed by atoms with van der Waals surface area (Å²) in [5, 5.41) is 9.42. The highest BCUT2D eigenvalue weighted by Gasteiger charge is 2.07. The van der Waals surface area contributed by atoms with E-state index >= 15 is 0 Å². The zero-order valence-electron chi connectivity index (χ0n) is 9.28. The molecule has 15 heavy (non-hydrogen) atoms. The van der Waals surface area contributed by atoms with Crippen molar-refractivity contribution in [2.45, 2.75) is 33.5 Å². The number of hydrogen-bond acceptors (Lipinski definition) is 3. The molecule has 1 rings (SSSR count). The van der Waals surface area contributed by atoms with Gasteiger partial charge in [0.15, 0.2) is 5.78 Å². The van der Waals surface area contributed by atoms with Crippen molar-refractivity contribution in [3.63, 3.8) is 0 Å². The van der Waals surface area contributed by atoms with Crippen LogP contribution in [0.5, 0.6) is 5.75 Å². The van der Waals surface area contributed by atoms with E-state index < -0.39 is 0 Å². The van der Waals surface area contributed by atoms with Crippen LogP contribution in [0, 0.1) is 0 Å². The molecular weight excluding hydrogens is 192 g/mol. The highest BCUT2D eigenvalue weighted by molar-refractivity contribution is 5.96. The minimum Gasteiger partial charge on any atom is -0.507 e. The molecule has 3 nitrogen and oxygen atoms in total. The Morgan fingerprint density at radius 2 is 2.13 bits per heavy atom. The molecule has 0 unspecified atom stereocenters. The van der Waals surface area contributed by atoms with E-state index in [1.54, 1.807) is 12.1 Å². The molecule has 0 heterocycles. The van der Waals surface area contributed by atoms with Crippen LogP contribution >= 0.6 is 0 Å². The van der Waals surface area contributed by atoms with Gasteiger partial charge in [-0.1, -0.05) is 6.07 Å². The number of phenols is 1. The normalized spacial score (nSPS) is 10.7. The van der Waals surface area contributed by atoms with Gasteiger partial charge >= 0.3 is 0 Å². The second kappa shape index (κ2) is 4.94. The number of ether oxygens (including phenoxy) is 1. The fourth-order valence-corrected chi connectivity index (χ4v) is 1.22. The first-order valence-corrected chi connectivity index (χ1v) is 4.95. The minimum absolute atomic E-state index is 0.0239. The maximum Gasteiger partial charge on any atom is 0.163 e. The number of rotatable bonds is 4. The molecule has 82 valence electrons. The summed E-state index contributed by atoms with van der Waals surface area (Å²) in [5.74, 6) is -0.116. The van der Waals surface area contributed by atoms with Crippen molar-refractivity contribution in [1.82, 2.24) is 0 Å². The second-order valence-electron chi connectivity index (χ2n) is 3.77. The van der Waals surface area contributed by atoms with Crippen LogP contribution in [0.1, 0.15) is 36.7 Å². The van der Waals surface area contributed by atoms with Gasteiger partial charge in [-0.15, -0.1) is 0 Å². The summed E-state index contributed by atoms with van der Waals surface area (Å²) in [6, 6.07) is 4.94. The number of phenolic OH excluding ortho intramolecular Hbond substituents is 1. The molecule has 1 aromatic carbocycles. The Balaban J connectivity index is 2.83. The van der Waals surface area contributed by atoms with Crippen LogP contribution in [0.4, 0.5) is 0 Å². The zero-order valence-corrected chi connectivity index (χ0v) is 9.28. The molecular formula is C12H16O3. The van der Waals surface area contributed by atoms with Gasteiger partial charge in [-0.05, 0) is 38.5 Å². The highest BCUT2D eigenvalue weighted by Crippen LogP contribution is 2.19. The lowest BCUT2D eigenvalue weighted by molar-refractivity contribution is 0.0656. The van der Waals surface area contributed by atoms with Gasteiger partial charge in [0.25, 0.3) is 0 Å². The zero-order chi connectivity index (χ0) is 11.4. The first-order valence-electron chi connectivity index (χ1n) is 4.95. The Morgan fingerprint density at radius 1 is 1.47 bits per heavy atom. The molecule has 0 aliphatic carbocycles. The standard InChI is InChI=1S/C12H16O3/c1-8(2)15-7-10-4-5-12(14)11(6-10)9(3)13/h4-6,8,14H,7H2,1-3H3. The molecule has 0 aromatic heterocycles. The fraction of sp³-hybridized carbons (Fsp3) is 0.417. The van der Waals surface area contributed by atoms with Crippen LogP contribution in [-0.2, 0) is 11.3 Å². The SMILES string of the molecule is CC(=O)c1cc(COC(C)C)ccc1O. The van der Waals surface area contributed by atoms with Crippen molar-refractivity contribution < 1.29 is 14.6 Å². The molecule has 0 saturated carbocycles. The quantitative estimate of drug-likeness (QED) is 0.773. The minimum atomic E-state index is -0.140. The van der Waals surface area contributed by atoms with E-state index in [1.807, 2.05) is 13.8 Å². The van der Waals surface area contributed by atoms with Crippen LogP contribution in [-0.4, -0.2) is 17.0 Å². The Kier molecular flexibility index (Phi) is 3.86. The molecule has 0 spiro atoms.